The van der Waals surface area contributed by atoms with Crippen LogP contribution >= 0.6 is 24.0 Å². The van der Waals surface area contributed by atoms with E-state index in [2.05, 4.69) is 26.3 Å². The minimum Gasteiger partial charge on any atom is -0.356 e. The van der Waals surface area contributed by atoms with Crippen molar-refractivity contribution in [1.29, 1.82) is 0 Å². The molecule has 1 saturated carbocycles. The Kier molecular flexibility index (Phi) is 10.8. The van der Waals surface area contributed by atoms with Crippen LogP contribution in [-0.2, 0) is 11.2 Å². The van der Waals surface area contributed by atoms with Crippen LogP contribution in [0.3, 0.4) is 0 Å². The first-order valence-electron chi connectivity index (χ1n) is 9.17. The van der Waals surface area contributed by atoms with Gasteiger partial charge in [-0.3, -0.25) is 14.6 Å². The van der Waals surface area contributed by atoms with Gasteiger partial charge in [-0.05, 0) is 43.4 Å². The Hall–Kier alpha value is -1.84. The summed E-state index contributed by atoms with van der Waals surface area (Å²) in [6, 6.07) is 8.01. The normalized spacial score (nSPS) is 13.3. The van der Waals surface area contributed by atoms with Crippen LogP contribution in [0.2, 0.25) is 0 Å². The molecule has 4 N–H and O–H groups in total. The molecule has 0 unspecified atom stereocenters. The van der Waals surface area contributed by atoms with Crippen LogP contribution in [0.15, 0.2) is 29.3 Å². The highest BCUT2D eigenvalue weighted by Crippen LogP contribution is 2.18. The summed E-state index contributed by atoms with van der Waals surface area (Å²) in [6.07, 6.45) is 4.33. The molecular weight excluding hydrogens is 457 g/mol. The van der Waals surface area contributed by atoms with Gasteiger partial charge in [-0.15, -0.1) is 24.0 Å². The number of carbonyl (C=O) groups excluding carboxylic acids is 2. The van der Waals surface area contributed by atoms with E-state index in [1.54, 1.807) is 20.2 Å². The molecule has 0 heterocycles. The molecule has 1 aromatic rings. The van der Waals surface area contributed by atoms with Crippen molar-refractivity contribution in [2.45, 2.75) is 38.1 Å². The number of amides is 2. The van der Waals surface area contributed by atoms with E-state index < -0.39 is 0 Å². The number of carbonyl (C=O) groups is 2. The second-order valence-electron chi connectivity index (χ2n) is 6.40. The van der Waals surface area contributed by atoms with Crippen LogP contribution in [0.4, 0.5) is 0 Å². The van der Waals surface area contributed by atoms with Crippen molar-refractivity contribution in [3.63, 3.8) is 0 Å². The third-order valence-corrected chi connectivity index (χ3v) is 4.16. The van der Waals surface area contributed by atoms with Crippen molar-refractivity contribution in [1.82, 2.24) is 21.3 Å². The van der Waals surface area contributed by atoms with Gasteiger partial charge in [-0.1, -0.05) is 12.1 Å². The Balaban J connectivity index is 0.00000364. The van der Waals surface area contributed by atoms with E-state index in [9.17, 15) is 9.59 Å². The molecule has 2 amide bonds. The van der Waals surface area contributed by atoms with E-state index in [1.807, 2.05) is 18.2 Å². The predicted octanol–water partition coefficient (Wildman–Crippen LogP) is 1.43. The van der Waals surface area contributed by atoms with E-state index in [4.69, 9.17) is 0 Å². The maximum absolute atomic E-state index is 11.7. The smallest absolute Gasteiger partial charge is 0.251 e. The molecule has 0 radical (unpaired) electrons. The molecule has 1 fully saturated rings. The van der Waals surface area contributed by atoms with Crippen molar-refractivity contribution >= 4 is 41.8 Å². The summed E-state index contributed by atoms with van der Waals surface area (Å²) in [5, 5.41) is 12.1. The van der Waals surface area contributed by atoms with E-state index in [-0.39, 0.29) is 35.8 Å². The van der Waals surface area contributed by atoms with Gasteiger partial charge in [0.15, 0.2) is 5.96 Å². The number of aliphatic imine (C=N–C) groups is 1. The van der Waals surface area contributed by atoms with Crippen LogP contribution < -0.4 is 21.3 Å². The third kappa shape index (κ3) is 9.07. The number of nitrogens with zero attached hydrogens (tertiary/aromatic N) is 1. The molecule has 0 bridgehead atoms. The highest BCUT2D eigenvalue weighted by Gasteiger charge is 2.22. The lowest BCUT2D eigenvalue weighted by molar-refractivity contribution is -0.121. The van der Waals surface area contributed by atoms with Gasteiger partial charge in [-0.25, -0.2) is 0 Å². The molecule has 7 nitrogen and oxygen atoms in total. The van der Waals surface area contributed by atoms with Gasteiger partial charge in [0.05, 0.1) is 0 Å². The molecule has 27 heavy (non-hydrogen) atoms. The predicted molar refractivity (Wildman–Crippen MR) is 119 cm³/mol. The average Bonchev–Trinajstić information content (AvgIpc) is 3.47. The molecule has 0 aromatic heterocycles. The molecular formula is C19H30IN5O2. The third-order valence-electron chi connectivity index (χ3n) is 4.16. The number of hydrogen-bond donors (Lipinski definition) is 4. The molecule has 0 aliphatic heterocycles. The first-order chi connectivity index (χ1) is 12.6. The molecule has 150 valence electrons. The summed E-state index contributed by atoms with van der Waals surface area (Å²) in [7, 11) is 3.35. The summed E-state index contributed by atoms with van der Waals surface area (Å²) in [5.41, 5.74) is 1.75. The number of guanidine groups is 1. The zero-order chi connectivity index (χ0) is 18.8. The van der Waals surface area contributed by atoms with Gasteiger partial charge in [0.1, 0.15) is 0 Å². The van der Waals surface area contributed by atoms with Crippen molar-refractivity contribution in [2.24, 2.45) is 4.99 Å². The second-order valence-corrected chi connectivity index (χ2v) is 6.40. The number of rotatable bonds is 9. The van der Waals surface area contributed by atoms with Crippen LogP contribution in [-0.4, -0.2) is 51.0 Å². The number of hydrogen-bond acceptors (Lipinski definition) is 3. The highest BCUT2D eigenvalue weighted by atomic mass is 127. The lowest BCUT2D eigenvalue weighted by Gasteiger charge is -2.12. The Morgan fingerprint density at radius 2 is 1.93 bits per heavy atom. The maximum Gasteiger partial charge on any atom is 0.251 e. The number of benzene rings is 1. The fourth-order valence-electron chi connectivity index (χ4n) is 2.54. The van der Waals surface area contributed by atoms with Crippen LogP contribution in [0.1, 0.15) is 41.6 Å². The number of halogens is 1. The van der Waals surface area contributed by atoms with Crippen molar-refractivity contribution < 1.29 is 9.59 Å². The molecule has 1 aromatic carbocycles. The summed E-state index contributed by atoms with van der Waals surface area (Å²) in [5.74, 6) is 0.770. The van der Waals surface area contributed by atoms with Crippen LogP contribution in [0.25, 0.3) is 0 Å². The molecule has 1 aliphatic carbocycles. The van der Waals surface area contributed by atoms with Gasteiger partial charge >= 0.3 is 0 Å². The van der Waals surface area contributed by atoms with E-state index in [1.165, 1.54) is 0 Å². The molecule has 0 spiro atoms. The van der Waals surface area contributed by atoms with E-state index >= 15 is 0 Å². The quantitative estimate of drug-likeness (QED) is 0.184. The fraction of sp³-hybridized carbons (Fsp3) is 0.526. The van der Waals surface area contributed by atoms with Crippen molar-refractivity contribution in [2.75, 3.05) is 27.2 Å². The number of nitrogens with one attached hydrogen (secondary N) is 4. The maximum atomic E-state index is 11.7. The van der Waals surface area contributed by atoms with Gasteiger partial charge < -0.3 is 21.3 Å². The SMILES string of the molecule is CN=C(NCCCC(=O)NC1CC1)NCCc1cccc(C(=O)NC)c1.I. The first-order valence-corrected chi connectivity index (χ1v) is 9.17. The Morgan fingerprint density at radius 3 is 2.59 bits per heavy atom. The lowest BCUT2D eigenvalue weighted by atomic mass is 10.1. The molecule has 0 saturated heterocycles. The Labute approximate surface area is 178 Å². The largest absolute Gasteiger partial charge is 0.356 e. The van der Waals surface area contributed by atoms with Crippen molar-refractivity contribution in [3.05, 3.63) is 35.4 Å². The highest BCUT2D eigenvalue weighted by molar-refractivity contribution is 14.0. The topological polar surface area (TPSA) is 94.6 Å². The van der Waals surface area contributed by atoms with Gasteiger partial charge in [0, 0.05) is 45.2 Å². The summed E-state index contributed by atoms with van der Waals surface area (Å²) >= 11 is 0. The minimum absolute atomic E-state index is 0. The Morgan fingerprint density at radius 1 is 1.19 bits per heavy atom. The van der Waals surface area contributed by atoms with Gasteiger partial charge in [0.2, 0.25) is 5.91 Å². The zero-order valence-corrected chi connectivity index (χ0v) is 18.3. The second kappa shape index (κ2) is 12.5. The fourth-order valence-corrected chi connectivity index (χ4v) is 2.54. The van der Waals surface area contributed by atoms with E-state index in [0.717, 1.165) is 37.2 Å². The van der Waals surface area contributed by atoms with Gasteiger partial charge in [-0.2, -0.15) is 0 Å². The lowest BCUT2D eigenvalue weighted by Crippen LogP contribution is -2.39. The molecule has 2 rings (SSSR count). The standard InChI is InChI=1S/C19H29N5O2.HI/c1-20-18(26)15-6-3-5-14(13-15)10-12-23-19(21-2)22-11-4-7-17(25)24-16-8-9-16;/h3,5-6,13,16H,4,7-12H2,1-2H3,(H,20,26)(H,24,25)(H2,21,22,23);1H. The molecule has 8 heteroatoms. The Bertz CT molecular complexity index is 647. The molecule has 0 atom stereocenters. The monoisotopic (exact) mass is 487 g/mol. The summed E-state index contributed by atoms with van der Waals surface area (Å²) in [4.78, 5) is 27.5. The van der Waals surface area contributed by atoms with E-state index in [0.29, 0.717) is 31.1 Å². The summed E-state index contributed by atoms with van der Waals surface area (Å²) in [6.45, 7) is 1.41. The minimum atomic E-state index is -0.0805. The van der Waals surface area contributed by atoms with Crippen molar-refractivity contribution in [3.8, 4) is 0 Å². The van der Waals surface area contributed by atoms with Crippen LogP contribution in [0, 0.1) is 0 Å². The first kappa shape index (κ1) is 23.2. The zero-order valence-electron chi connectivity index (χ0n) is 16.0. The average molecular weight is 487 g/mol. The molecule has 1 aliphatic rings. The summed E-state index contributed by atoms with van der Waals surface area (Å²) < 4.78 is 0. The van der Waals surface area contributed by atoms with Gasteiger partial charge in [0.25, 0.3) is 5.91 Å². The van der Waals surface area contributed by atoms with Crippen LogP contribution in [0.5, 0.6) is 0 Å².